The third kappa shape index (κ3) is 5.57. The van der Waals surface area contributed by atoms with Gasteiger partial charge in [-0.1, -0.05) is 13.8 Å². The molecule has 1 rings (SSSR count). The molecule has 0 atom stereocenters. The predicted molar refractivity (Wildman–Crippen MR) is 83.1 cm³/mol. The highest BCUT2D eigenvalue weighted by Crippen LogP contribution is 2.14. The quantitative estimate of drug-likeness (QED) is 0.799. The van der Waals surface area contributed by atoms with Gasteiger partial charge in [0.1, 0.15) is 5.69 Å². The third-order valence-corrected chi connectivity index (χ3v) is 2.85. The lowest BCUT2D eigenvalue weighted by Gasteiger charge is -2.28. The van der Waals surface area contributed by atoms with Crippen molar-refractivity contribution >= 4 is 11.6 Å². The van der Waals surface area contributed by atoms with Crippen LogP contribution in [0.2, 0.25) is 0 Å². The van der Waals surface area contributed by atoms with Crippen molar-refractivity contribution in [2.24, 2.45) is 5.41 Å². The molecule has 5 nitrogen and oxygen atoms in total. The second-order valence-corrected chi connectivity index (χ2v) is 6.05. The highest BCUT2D eigenvalue weighted by atomic mass is 16.1. The van der Waals surface area contributed by atoms with Gasteiger partial charge in [0.25, 0.3) is 5.91 Å². The predicted octanol–water partition coefficient (Wildman–Crippen LogP) is 1.83. The van der Waals surface area contributed by atoms with E-state index in [1.54, 1.807) is 12.3 Å². The number of pyridine rings is 1. The fourth-order valence-electron chi connectivity index (χ4n) is 2.16. The van der Waals surface area contributed by atoms with Crippen LogP contribution in [0.4, 0.5) is 5.69 Å². The molecule has 2 N–H and O–H groups in total. The summed E-state index contributed by atoms with van der Waals surface area (Å²) in [5, 5.41) is 6.10. The molecule has 0 fully saturated rings. The van der Waals surface area contributed by atoms with Crippen molar-refractivity contribution in [1.29, 1.82) is 0 Å². The number of carbonyl (C=O) groups is 1. The first-order valence-electron chi connectivity index (χ1n) is 6.97. The maximum Gasteiger partial charge on any atom is 0.269 e. The Labute approximate surface area is 121 Å². The van der Waals surface area contributed by atoms with E-state index in [-0.39, 0.29) is 11.3 Å². The van der Waals surface area contributed by atoms with E-state index in [0.717, 1.165) is 18.8 Å². The molecule has 0 bridgehead atoms. The zero-order chi connectivity index (χ0) is 15.2. The summed E-state index contributed by atoms with van der Waals surface area (Å²) < 4.78 is 0. The minimum Gasteiger partial charge on any atom is -0.384 e. The molecule has 1 aromatic rings. The van der Waals surface area contributed by atoms with Crippen LogP contribution in [0.15, 0.2) is 18.3 Å². The van der Waals surface area contributed by atoms with Gasteiger partial charge in [0.2, 0.25) is 0 Å². The van der Waals surface area contributed by atoms with Gasteiger partial charge in [0.15, 0.2) is 0 Å². The van der Waals surface area contributed by atoms with Crippen LogP contribution in [-0.2, 0) is 0 Å². The van der Waals surface area contributed by atoms with Crippen LogP contribution >= 0.6 is 0 Å². The summed E-state index contributed by atoms with van der Waals surface area (Å²) in [5.41, 5.74) is 1.41. The van der Waals surface area contributed by atoms with Crippen molar-refractivity contribution in [2.45, 2.75) is 20.8 Å². The molecule has 0 saturated heterocycles. The standard InChI is InChI=1S/C15H26N4O/c1-6-16-12-7-8-13(17-9-12)14(20)18-10-15(2,3)11-19(4)5/h7-9,16H,6,10-11H2,1-5H3,(H,18,20). The molecule has 0 spiro atoms. The van der Waals surface area contributed by atoms with E-state index < -0.39 is 0 Å². The lowest BCUT2D eigenvalue weighted by atomic mass is 9.93. The number of anilines is 1. The van der Waals surface area contributed by atoms with Crippen LogP contribution in [0.1, 0.15) is 31.3 Å². The first kappa shape index (κ1) is 16.4. The summed E-state index contributed by atoms with van der Waals surface area (Å²) in [6.45, 7) is 8.67. The van der Waals surface area contributed by atoms with Crippen molar-refractivity contribution in [3.8, 4) is 0 Å². The zero-order valence-electron chi connectivity index (χ0n) is 13.2. The molecular formula is C15H26N4O. The van der Waals surface area contributed by atoms with E-state index in [2.05, 4.69) is 34.4 Å². The molecule has 0 aliphatic rings. The Kier molecular flexibility index (Phi) is 5.95. The Balaban J connectivity index is 2.54. The van der Waals surface area contributed by atoms with Gasteiger partial charge in [-0.3, -0.25) is 4.79 Å². The van der Waals surface area contributed by atoms with E-state index >= 15 is 0 Å². The van der Waals surface area contributed by atoms with Gasteiger partial charge in [-0.25, -0.2) is 4.98 Å². The van der Waals surface area contributed by atoms with E-state index in [9.17, 15) is 4.79 Å². The van der Waals surface area contributed by atoms with Gasteiger partial charge in [-0.05, 0) is 38.6 Å². The Hall–Kier alpha value is -1.62. The summed E-state index contributed by atoms with van der Waals surface area (Å²) in [7, 11) is 4.06. The van der Waals surface area contributed by atoms with E-state index in [1.165, 1.54) is 0 Å². The minimum absolute atomic E-state index is 0.0306. The van der Waals surface area contributed by atoms with Gasteiger partial charge in [0, 0.05) is 19.6 Å². The maximum absolute atomic E-state index is 12.0. The van der Waals surface area contributed by atoms with Crippen LogP contribution in [0.3, 0.4) is 0 Å². The number of aromatic nitrogens is 1. The Morgan fingerprint density at radius 1 is 1.35 bits per heavy atom. The lowest BCUT2D eigenvalue weighted by Crippen LogP contribution is -2.40. The van der Waals surface area contributed by atoms with Gasteiger partial charge in [-0.2, -0.15) is 0 Å². The summed E-state index contributed by atoms with van der Waals surface area (Å²) >= 11 is 0. The largest absolute Gasteiger partial charge is 0.384 e. The number of hydrogen-bond acceptors (Lipinski definition) is 4. The Morgan fingerprint density at radius 3 is 2.55 bits per heavy atom. The van der Waals surface area contributed by atoms with Crippen molar-refractivity contribution < 1.29 is 4.79 Å². The molecule has 0 saturated carbocycles. The van der Waals surface area contributed by atoms with Gasteiger partial charge in [0.05, 0.1) is 11.9 Å². The van der Waals surface area contributed by atoms with Gasteiger partial charge < -0.3 is 15.5 Å². The molecule has 0 aliphatic carbocycles. The molecular weight excluding hydrogens is 252 g/mol. The van der Waals surface area contributed by atoms with Crippen LogP contribution in [-0.4, -0.2) is 49.5 Å². The smallest absolute Gasteiger partial charge is 0.269 e. The fourth-order valence-corrected chi connectivity index (χ4v) is 2.16. The van der Waals surface area contributed by atoms with Crippen LogP contribution < -0.4 is 10.6 Å². The second kappa shape index (κ2) is 7.24. The van der Waals surface area contributed by atoms with Crippen molar-refractivity contribution in [3.63, 3.8) is 0 Å². The summed E-state index contributed by atoms with van der Waals surface area (Å²) in [4.78, 5) is 18.3. The van der Waals surface area contributed by atoms with Gasteiger partial charge >= 0.3 is 0 Å². The second-order valence-electron chi connectivity index (χ2n) is 6.05. The first-order valence-corrected chi connectivity index (χ1v) is 6.97. The SMILES string of the molecule is CCNc1ccc(C(=O)NCC(C)(C)CN(C)C)nc1. The number of carbonyl (C=O) groups excluding carboxylic acids is 1. The Bertz CT molecular complexity index is 426. The number of hydrogen-bond donors (Lipinski definition) is 2. The molecule has 0 unspecified atom stereocenters. The van der Waals surface area contributed by atoms with Gasteiger partial charge in [-0.15, -0.1) is 0 Å². The molecule has 1 amide bonds. The molecule has 1 aromatic heterocycles. The highest BCUT2D eigenvalue weighted by Gasteiger charge is 2.20. The zero-order valence-corrected chi connectivity index (χ0v) is 13.2. The first-order chi connectivity index (χ1) is 9.34. The summed E-state index contributed by atoms with van der Waals surface area (Å²) in [6.07, 6.45) is 1.68. The van der Waals surface area contributed by atoms with E-state index in [1.807, 2.05) is 27.1 Å². The average molecular weight is 278 g/mol. The maximum atomic E-state index is 12.0. The number of nitrogens with one attached hydrogen (secondary N) is 2. The topological polar surface area (TPSA) is 57.3 Å². The summed E-state index contributed by atoms with van der Waals surface area (Å²) in [5.74, 6) is -0.125. The monoisotopic (exact) mass is 278 g/mol. The van der Waals surface area contributed by atoms with Crippen molar-refractivity contribution in [2.75, 3.05) is 39.0 Å². The fraction of sp³-hybridized carbons (Fsp3) is 0.600. The van der Waals surface area contributed by atoms with E-state index in [0.29, 0.717) is 12.2 Å². The molecule has 5 heteroatoms. The molecule has 112 valence electrons. The minimum atomic E-state index is -0.125. The van der Waals surface area contributed by atoms with Crippen molar-refractivity contribution in [1.82, 2.24) is 15.2 Å². The summed E-state index contributed by atoms with van der Waals surface area (Å²) in [6, 6.07) is 3.61. The normalized spacial score (nSPS) is 11.5. The van der Waals surface area contributed by atoms with E-state index in [4.69, 9.17) is 0 Å². The Morgan fingerprint density at radius 2 is 2.05 bits per heavy atom. The van der Waals surface area contributed by atoms with Crippen LogP contribution in [0, 0.1) is 5.41 Å². The average Bonchev–Trinajstić information content (AvgIpc) is 2.36. The molecule has 20 heavy (non-hydrogen) atoms. The molecule has 0 aliphatic heterocycles. The van der Waals surface area contributed by atoms with Crippen LogP contribution in [0.5, 0.6) is 0 Å². The number of amides is 1. The highest BCUT2D eigenvalue weighted by molar-refractivity contribution is 5.92. The molecule has 1 heterocycles. The third-order valence-electron chi connectivity index (χ3n) is 2.85. The number of nitrogens with zero attached hydrogens (tertiary/aromatic N) is 2. The number of rotatable bonds is 7. The molecule has 0 aromatic carbocycles. The lowest BCUT2D eigenvalue weighted by molar-refractivity contribution is 0.0924. The molecule has 0 radical (unpaired) electrons. The van der Waals surface area contributed by atoms with Crippen molar-refractivity contribution in [3.05, 3.63) is 24.0 Å². The van der Waals surface area contributed by atoms with Crippen LogP contribution in [0.25, 0.3) is 0 Å².